The number of nitrogens with one attached hydrogen (secondary N) is 1. The lowest BCUT2D eigenvalue weighted by Gasteiger charge is -2.28. The van der Waals surface area contributed by atoms with Crippen LogP contribution in [-0.2, 0) is 21.4 Å². The maximum Gasteiger partial charge on any atom is 0.256 e. The number of aromatic nitrogens is 3. The number of nitrogens with zero attached hydrogens (tertiary/aromatic N) is 5. The highest BCUT2D eigenvalue weighted by Crippen LogP contribution is 2.18. The summed E-state index contributed by atoms with van der Waals surface area (Å²) < 4.78 is 29.1. The van der Waals surface area contributed by atoms with Crippen LogP contribution in [0, 0.1) is 13.8 Å². The molecule has 2 aromatic heterocycles. The van der Waals surface area contributed by atoms with E-state index in [2.05, 4.69) is 19.8 Å². The van der Waals surface area contributed by atoms with Gasteiger partial charge in [-0.1, -0.05) is 6.07 Å². The van der Waals surface area contributed by atoms with Gasteiger partial charge in [0.15, 0.2) is 11.7 Å². The summed E-state index contributed by atoms with van der Waals surface area (Å²) >= 11 is 0. The molecule has 1 N–H and O–H groups in total. The van der Waals surface area contributed by atoms with E-state index in [0.29, 0.717) is 5.82 Å². The third-order valence-corrected chi connectivity index (χ3v) is 5.74. The topological polar surface area (TPSA) is 110 Å². The summed E-state index contributed by atoms with van der Waals surface area (Å²) in [7, 11) is -3.55. The van der Waals surface area contributed by atoms with Gasteiger partial charge in [0.2, 0.25) is 0 Å². The number of rotatable bonds is 4. The van der Waals surface area contributed by atoms with E-state index in [1.54, 1.807) is 34.1 Å². The molecule has 0 aromatic carbocycles. The standard InChI is InChI=1S/C19H20N6O3S/c1-13-10-14(2)25(22-13)17-6-5-15(11-20-17)12-21-19(26)16-4-3-7-24-8-9-29(27,28)23-18(16)24/h3-7,10-11H,8-9,12H2,1-2H3,(H,21,26). The Morgan fingerprint density at radius 3 is 2.79 bits per heavy atom. The van der Waals surface area contributed by atoms with Crippen LogP contribution in [-0.4, -0.2) is 52.1 Å². The van der Waals surface area contributed by atoms with Crippen LogP contribution in [0.4, 0.5) is 0 Å². The molecule has 0 atom stereocenters. The largest absolute Gasteiger partial charge is 0.348 e. The highest BCUT2D eigenvalue weighted by atomic mass is 32.2. The Morgan fingerprint density at radius 2 is 2.10 bits per heavy atom. The molecule has 1 amide bonds. The fourth-order valence-corrected chi connectivity index (χ4v) is 4.16. The van der Waals surface area contributed by atoms with E-state index < -0.39 is 15.9 Å². The lowest BCUT2D eigenvalue weighted by atomic mass is 10.1. The molecule has 0 saturated carbocycles. The van der Waals surface area contributed by atoms with Crippen molar-refractivity contribution in [1.82, 2.24) is 25.0 Å². The van der Waals surface area contributed by atoms with Gasteiger partial charge in [0, 0.05) is 31.2 Å². The van der Waals surface area contributed by atoms with Gasteiger partial charge in [0.1, 0.15) is 0 Å². The minimum absolute atomic E-state index is 0.0665. The van der Waals surface area contributed by atoms with Crippen LogP contribution in [0.5, 0.6) is 0 Å². The second kappa shape index (κ2) is 7.28. The average molecular weight is 412 g/mol. The number of sulfonamides is 1. The third-order valence-electron chi connectivity index (χ3n) is 4.59. The highest BCUT2D eigenvalue weighted by molar-refractivity contribution is 7.90. The van der Waals surface area contributed by atoms with Crippen LogP contribution >= 0.6 is 0 Å². The van der Waals surface area contributed by atoms with Crippen molar-refractivity contribution >= 4 is 21.8 Å². The number of carbonyl (C=O) groups excluding carboxylic acids is 1. The zero-order valence-electron chi connectivity index (χ0n) is 16.0. The van der Waals surface area contributed by atoms with E-state index in [1.165, 1.54) is 0 Å². The smallest absolute Gasteiger partial charge is 0.256 e. The van der Waals surface area contributed by atoms with Crippen molar-refractivity contribution in [1.29, 1.82) is 0 Å². The molecule has 0 spiro atoms. The van der Waals surface area contributed by atoms with Gasteiger partial charge in [0.05, 0.1) is 17.0 Å². The normalized spacial score (nSPS) is 17.4. The molecule has 2 aromatic rings. The van der Waals surface area contributed by atoms with Gasteiger partial charge in [0.25, 0.3) is 15.9 Å². The quantitative estimate of drug-likeness (QED) is 0.802. The number of allylic oxidation sites excluding steroid dienone is 2. The molecule has 4 rings (SSSR count). The fraction of sp³-hybridized carbons (Fsp3) is 0.263. The van der Waals surface area contributed by atoms with Gasteiger partial charge in [-0.15, -0.1) is 4.40 Å². The van der Waals surface area contributed by atoms with Crippen molar-refractivity contribution < 1.29 is 13.2 Å². The minimum Gasteiger partial charge on any atom is -0.348 e. The Morgan fingerprint density at radius 1 is 1.28 bits per heavy atom. The number of aryl methyl sites for hydroxylation is 2. The van der Waals surface area contributed by atoms with E-state index in [1.807, 2.05) is 32.0 Å². The maximum absolute atomic E-state index is 12.6. The highest BCUT2D eigenvalue weighted by Gasteiger charge is 2.29. The molecule has 0 aliphatic carbocycles. The van der Waals surface area contributed by atoms with Gasteiger partial charge < -0.3 is 10.2 Å². The van der Waals surface area contributed by atoms with Gasteiger partial charge >= 0.3 is 0 Å². The lowest BCUT2D eigenvalue weighted by Crippen LogP contribution is -2.42. The molecule has 0 saturated heterocycles. The summed E-state index contributed by atoms with van der Waals surface area (Å²) in [6, 6.07) is 5.67. The number of hydrogen-bond donors (Lipinski definition) is 1. The summed E-state index contributed by atoms with van der Waals surface area (Å²) in [5, 5.41) is 7.20. The predicted octanol–water partition coefficient (Wildman–Crippen LogP) is 0.998. The molecule has 0 unspecified atom stereocenters. The van der Waals surface area contributed by atoms with Crippen LogP contribution in [0.15, 0.2) is 52.7 Å². The first-order chi connectivity index (χ1) is 13.8. The van der Waals surface area contributed by atoms with E-state index in [0.717, 1.165) is 17.0 Å². The summed E-state index contributed by atoms with van der Waals surface area (Å²) in [5.74, 6) is 0.401. The van der Waals surface area contributed by atoms with Crippen LogP contribution in [0.1, 0.15) is 17.0 Å². The SMILES string of the molecule is Cc1cc(C)n(-c2ccc(CNC(=O)C3=CC=CN4CCS(=O)(=O)N=C34)cn2)n1. The number of amidine groups is 1. The second-order valence-corrected chi connectivity index (χ2v) is 8.62. The molecular weight excluding hydrogens is 392 g/mol. The molecule has 150 valence electrons. The minimum atomic E-state index is -3.55. The van der Waals surface area contributed by atoms with E-state index in [4.69, 9.17) is 0 Å². The Bertz CT molecular complexity index is 1160. The third kappa shape index (κ3) is 3.97. The van der Waals surface area contributed by atoms with Crippen molar-refractivity contribution in [2.75, 3.05) is 12.3 Å². The number of pyridine rings is 1. The summed E-state index contributed by atoms with van der Waals surface area (Å²) in [6.45, 7) is 4.41. The second-order valence-electron chi connectivity index (χ2n) is 6.86. The van der Waals surface area contributed by atoms with Crippen LogP contribution in [0.2, 0.25) is 0 Å². The molecule has 0 bridgehead atoms. The number of carbonyl (C=O) groups is 1. The summed E-state index contributed by atoms with van der Waals surface area (Å²) in [6.07, 6.45) is 6.66. The Kier molecular flexibility index (Phi) is 4.79. The fourth-order valence-electron chi connectivity index (χ4n) is 3.18. The predicted molar refractivity (Wildman–Crippen MR) is 108 cm³/mol. The Balaban J connectivity index is 1.46. The maximum atomic E-state index is 12.6. The van der Waals surface area contributed by atoms with Gasteiger partial charge in [-0.05, 0) is 43.7 Å². The molecule has 9 nitrogen and oxygen atoms in total. The summed E-state index contributed by atoms with van der Waals surface area (Å²) in [4.78, 5) is 18.7. The molecule has 2 aliphatic heterocycles. The molecule has 10 heteroatoms. The molecular formula is C19H20N6O3S. The number of fused-ring (bicyclic) bond motifs is 1. The van der Waals surface area contributed by atoms with Gasteiger partial charge in [-0.25, -0.2) is 18.1 Å². The average Bonchev–Trinajstić information content (AvgIpc) is 3.03. The van der Waals surface area contributed by atoms with E-state index in [-0.39, 0.29) is 30.3 Å². The van der Waals surface area contributed by atoms with Crippen molar-refractivity contribution in [3.63, 3.8) is 0 Å². The molecule has 0 radical (unpaired) electrons. The lowest BCUT2D eigenvalue weighted by molar-refractivity contribution is -0.117. The monoisotopic (exact) mass is 412 g/mol. The number of hydrogen-bond acceptors (Lipinski definition) is 6. The first-order valence-electron chi connectivity index (χ1n) is 9.07. The zero-order chi connectivity index (χ0) is 20.6. The molecule has 2 aliphatic rings. The van der Waals surface area contributed by atoms with Crippen molar-refractivity contribution in [2.24, 2.45) is 4.40 Å². The molecule has 29 heavy (non-hydrogen) atoms. The van der Waals surface area contributed by atoms with E-state index in [9.17, 15) is 13.2 Å². The zero-order valence-corrected chi connectivity index (χ0v) is 16.8. The van der Waals surface area contributed by atoms with Crippen molar-refractivity contribution in [3.05, 3.63) is 65.3 Å². The van der Waals surface area contributed by atoms with Crippen molar-refractivity contribution in [2.45, 2.75) is 20.4 Å². The molecule has 0 fully saturated rings. The van der Waals surface area contributed by atoms with Crippen LogP contribution < -0.4 is 5.32 Å². The molecule has 4 heterocycles. The van der Waals surface area contributed by atoms with Gasteiger partial charge in [-0.3, -0.25) is 4.79 Å². The summed E-state index contributed by atoms with van der Waals surface area (Å²) in [5.41, 5.74) is 2.94. The van der Waals surface area contributed by atoms with Gasteiger partial charge in [-0.2, -0.15) is 5.10 Å². The van der Waals surface area contributed by atoms with Crippen LogP contribution in [0.3, 0.4) is 0 Å². The number of amides is 1. The Hall–Kier alpha value is -3.27. The first kappa shape index (κ1) is 19.1. The Labute approximate surface area is 168 Å². The van der Waals surface area contributed by atoms with E-state index >= 15 is 0 Å². The van der Waals surface area contributed by atoms with Crippen molar-refractivity contribution in [3.8, 4) is 5.82 Å². The first-order valence-corrected chi connectivity index (χ1v) is 10.7. The van der Waals surface area contributed by atoms with Crippen LogP contribution in [0.25, 0.3) is 5.82 Å².